The first-order valence-electron chi connectivity index (χ1n) is 12.0. The summed E-state index contributed by atoms with van der Waals surface area (Å²) in [5.74, 6) is -0.0225. The van der Waals surface area contributed by atoms with Crippen molar-refractivity contribution >= 4 is 5.91 Å². The van der Waals surface area contributed by atoms with Crippen molar-refractivity contribution < 1.29 is 18.0 Å². The van der Waals surface area contributed by atoms with E-state index >= 15 is 0 Å². The molecule has 1 aromatic heterocycles. The summed E-state index contributed by atoms with van der Waals surface area (Å²) in [6.07, 6.45) is 4.53. The number of nitrogens with zero attached hydrogens (tertiary/aromatic N) is 3. The highest BCUT2D eigenvalue weighted by atomic mass is 19.4. The summed E-state index contributed by atoms with van der Waals surface area (Å²) in [6, 6.07) is 15.0. The Kier molecular flexibility index (Phi) is 6.19. The van der Waals surface area contributed by atoms with Gasteiger partial charge in [0.05, 0.1) is 6.54 Å². The molecule has 7 heteroatoms. The Bertz CT molecular complexity index is 1180. The van der Waals surface area contributed by atoms with Gasteiger partial charge in [-0.05, 0) is 72.6 Å². The van der Waals surface area contributed by atoms with Crippen molar-refractivity contribution in [3.8, 4) is 0 Å². The molecular formula is C27H28F3N3O. The number of carbonyl (C=O) groups excluding carboxylic acids is 1. The number of hydrogen-bond donors (Lipinski definition) is 0. The number of fused-ring (bicyclic) bond motifs is 1. The molecule has 0 aliphatic heterocycles. The van der Waals surface area contributed by atoms with Crippen LogP contribution >= 0.6 is 0 Å². The Morgan fingerprint density at radius 3 is 2.53 bits per heavy atom. The predicted molar refractivity (Wildman–Crippen MR) is 123 cm³/mol. The SMILES string of the molecule is O=C(c1cccc(Cn2ccc(C(F)(F)F)n2)c1)N(Cc1ccc2c(c1)CCC2)C1CCCC1. The van der Waals surface area contributed by atoms with E-state index < -0.39 is 11.9 Å². The lowest BCUT2D eigenvalue weighted by Crippen LogP contribution is -2.38. The zero-order valence-electron chi connectivity index (χ0n) is 19.0. The number of carbonyl (C=O) groups is 1. The van der Waals surface area contributed by atoms with Crippen molar-refractivity contribution in [1.82, 2.24) is 14.7 Å². The molecule has 3 aromatic rings. The Morgan fingerprint density at radius 1 is 0.971 bits per heavy atom. The maximum Gasteiger partial charge on any atom is 0.435 e. The minimum absolute atomic E-state index is 0.0225. The van der Waals surface area contributed by atoms with Crippen molar-refractivity contribution in [1.29, 1.82) is 0 Å². The highest BCUT2D eigenvalue weighted by molar-refractivity contribution is 5.94. The molecule has 2 aliphatic rings. The van der Waals surface area contributed by atoms with E-state index in [0.29, 0.717) is 12.1 Å². The second-order valence-corrected chi connectivity index (χ2v) is 9.42. The molecule has 0 saturated heterocycles. The van der Waals surface area contributed by atoms with Crippen LogP contribution in [0.1, 0.15) is 70.4 Å². The van der Waals surface area contributed by atoms with Gasteiger partial charge in [-0.15, -0.1) is 0 Å². The molecule has 0 spiro atoms. The van der Waals surface area contributed by atoms with Crippen LogP contribution in [-0.2, 0) is 32.1 Å². The first kappa shape index (κ1) is 22.7. The number of amides is 1. The molecule has 178 valence electrons. The van der Waals surface area contributed by atoms with Crippen LogP contribution in [0, 0.1) is 0 Å². The molecule has 0 radical (unpaired) electrons. The van der Waals surface area contributed by atoms with Gasteiger partial charge in [-0.25, -0.2) is 0 Å². The Balaban J connectivity index is 1.36. The van der Waals surface area contributed by atoms with E-state index in [9.17, 15) is 18.0 Å². The quantitative estimate of drug-likeness (QED) is 0.444. The van der Waals surface area contributed by atoms with E-state index in [0.717, 1.165) is 55.7 Å². The molecule has 5 rings (SSSR count). The average Bonchev–Trinajstić information content (AvgIpc) is 3.58. The summed E-state index contributed by atoms with van der Waals surface area (Å²) in [7, 11) is 0. The zero-order valence-corrected chi connectivity index (χ0v) is 19.0. The van der Waals surface area contributed by atoms with Crippen LogP contribution in [0.5, 0.6) is 0 Å². The molecular weight excluding hydrogens is 439 g/mol. The van der Waals surface area contributed by atoms with E-state index in [1.54, 1.807) is 18.2 Å². The number of hydrogen-bond acceptors (Lipinski definition) is 2. The van der Waals surface area contributed by atoms with Crippen LogP contribution in [-0.4, -0.2) is 26.6 Å². The first-order chi connectivity index (χ1) is 16.4. The largest absolute Gasteiger partial charge is 0.435 e. The van der Waals surface area contributed by atoms with Crippen molar-refractivity contribution in [2.45, 2.75) is 70.3 Å². The van der Waals surface area contributed by atoms with E-state index in [1.165, 1.54) is 28.4 Å². The van der Waals surface area contributed by atoms with Crippen molar-refractivity contribution in [2.24, 2.45) is 0 Å². The van der Waals surface area contributed by atoms with Gasteiger partial charge < -0.3 is 4.90 Å². The smallest absolute Gasteiger partial charge is 0.331 e. The average molecular weight is 468 g/mol. The number of aromatic nitrogens is 2. The van der Waals surface area contributed by atoms with Gasteiger partial charge in [0.1, 0.15) is 0 Å². The second kappa shape index (κ2) is 9.28. The van der Waals surface area contributed by atoms with Crippen LogP contribution in [0.15, 0.2) is 54.7 Å². The Morgan fingerprint density at radius 2 is 1.76 bits per heavy atom. The van der Waals surface area contributed by atoms with Crippen molar-refractivity contribution in [3.05, 3.63) is 88.2 Å². The van der Waals surface area contributed by atoms with Gasteiger partial charge in [-0.2, -0.15) is 18.3 Å². The Labute approximate surface area is 197 Å². The summed E-state index contributed by atoms with van der Waals surface area (Å²) in [5.41, 5.74) is 4.37. The minimum atomic E-state index is -4.47. The Hall–Kier alpha value is -3.09. The summed E-state index contributed by atoms with van der Waals surface area (Å²) in [4.78, 5) is 15.7. The topological polar surface area (TPSA) is 38.1 Å². The van der Waals surface area contributed by atoms with Gasteiger partial charge in [0.15, 0.2) is 5.69 Å². The molecule has 1 amide bonds. The maximum atomic E-state index is 13.7. The zero-order chi connectivity index (χ0) is 23.7. The van der Waals surface area contributed by atoms with Gasteiger partial charge in [-0.3, -0.25) is 9.48 Å². The first-order valence-corrected chi connectivity index (χ1v) is 12.0. The number of halogens is 3. The highest BCUT2D eigenvalue weighted by Gasteiger charge is 2.33. The van der Waals surface area contributed by atoms with Crippen molar-refractivity contribution in [3.63, 3.8) is 0 Å². The second-order valence-electron chi connectivity index (χ2n) is 9.42. The number of alkyl halides is 3. The lowest BCUT2D eigenvalue weighted by atomic mass is 10.0. The lowest BCUT2D eigenvalue weighted by Gasteiger charge is -2.29. The molecule has 0 atom stereocenters. The summed E-state index contributed by atoms with van der Waals surface area (Å²) in [5, 5.41) is 3.63. The monoisotopic (exact) mass is 467 g/mol. The predicted octanol–water partition coefficient (Wildman–Crippen LogP) is 6.02. The minimum Gasteiger partial charge on any atom is -0.331 e. The standard InChI is InChI=1S/C27H28F3N3O/c28-27(29,30)25-13-14-32(31-25)17-19-5-3-8-23(16-19)26(34)33(24-9-1-2-10-24)18-20-11-12-21-6-4-7-22(21)15-20/h3,5,8,11-16,24H,1-2,4,6-7,9-10,17-18H2. The fourth-order valence-electron chi connectivity index (χ4n) is 5.26. The molecule has 34 heavy (non-hydrogen) atoms. The van der Waals surface area contributed by atoms with Crippen LogP contribution in [0.3, 0.4) is 0 Å². The molecule has 0 unspecified atom stereocenters. The number of rotatable bonds is 6. The maximum absolute atomic E-state index is 13.7. The van der Waals surface area contributed by atoms with Crippen LogP contribution < -0.4 is 0 Å². The fraction of sp³-hybridized carbons (Fsp3) is 0.407. The lowest BCUT2D eigenvalue weighted by molar-refractivity contribution is -0.141. The van der Waals surface area contributed by atoms with E-state index in [1.807, 2.05) is 11.0 Å². The van der Waals surface area contributed by atoms with Gasteiger partial charge in [0, 0.05) is 24.3 Å². The molecule has 4 nitrogen and oxygen atoms in total. The normalized spacial score (nSPS) is 16.1. The molecule has 2 aromatic carbocycles. The number of benzene rings is 2. The highest BCUT2D eigenvalue weighted by Crippen LogP contribution is 2.29. The van der Waals surface area contributed by atoms with Crippen LogP contribution in [0.25, 0.3) is 0 Å². The molecule has 1 fully saturated rings. The third-order valence-corrected chi connectivity index (χ3v) is 6.99. The van der Waals surface area contributed by atoms with E-state index in [4.69, 9.17) is 0 Å². The third kappa shape index (κ3) is 4.88. The van der Waals surface area contributed by atoms with Gasteiger partial charge in [0.25, 0.3) is 5.91 Å². The van der Waals surface area contributed by atoms with E-state index in [2.05, 4.69) is 23.3 Å². The third-order valence-electron chi connectivity index (χ3n) is 6.99. The summed E-state index contributed by atoms with van der Waals surface area (Å²) < 4.78 is 39.9. The fourth-order valence-corrected chi connectivity index (χ4v) is 5.26. The van der Waals surface area contributed by atoms with Crippen LogP contribution in [0.4, 0.5) is 13.2 Å². The number of aryl methyl sites for hydroxylation is 2. The van der Waals surface area contributed by atoms with Gasteiger partial charge in [0.2, 0.25) is 0 Å². The van der Waals surface area contributed by atoms with Gasteiger partial charge >= 0.3 is 6.18 Å². The molecule has 0 bridgehead atoms. The summed E-state index contributed by atoms with van der Waals surface area (Å²) in [6.45, 7) is 0.751. The van der Waals surface area contributed by atoms with Crippen LogP contribution in [0.2, 0.25) is 0 Å². The molecule has 2 aliphatic carbocycles. The molecule has 1 saturated carbocycles. The van der Waals surface area contributed by atoms with Gasteiger partial charge in [-0.1, -0.05) is 43.2 Å². The molecule has 1 heterocycles. The van der Waals surface area contributed by atoms with Crippen molar-refractivity contribution in [2.75, 3.05) is 0 Å². The summed E-state index contributed by atoms with van der Waals surface area (Å²) >= 11 is 0. The molecule has 0 N–H and O–H groups in total. The van der Waals surface area contributed by atoms with E-state index in [-0.39, 0.29) is 18.5 Å².